The lowest BCUT2D eigenvalue weighted by Crippen LogP contribution is -2.21. The molecule has 0 radical (unpaired) electrons. The maximum Gasteiger partial charge on any atom is 0.306 e. The average molecular weight is 398 g/mol. The van der Waals surface area contributed by atoms with E-state index in [1.54, 1.807) is 29.5 Å². The number of ether oxygens (including phenoxy) is 2. The Morgan fingerprint density at radius 1 is 1.07 bits per heavy atom. The largest absolute Gasteiger partial charge is 0.495 e. The normalized spacial score (nSPS) is 10.6. The lowest BCUT2D eigenvalue weighted by molar-refractivity contribution is -0.147. The van der Waals surface area contributed by atoms with Crippen LogP contribution in [0.25, 0.3) is 10.2 Å². The van der Waals surface area contributed by atoms with E-state index in [2.05, 4.69) is 16.4 Å². The van der Waals surface area contributed by atoms with Gasteiger partial charge in [-0.15, -0.1) is 11.3 Å². The number of hydrogen-bond donors (Lipinski definition) is 1. The van der Waals surface area contributed by atoms with Crippen molar-refractivity contribution in [3.63, 3.8) is 0 Å². The average Bonchev–Trinajstić information content (AvgIpc) is 3.13. The molecule has 7 heteroatoms. The van der Waals surface area contributed by atoms with Gasteiger partial charge in [0, 0.05) is 6.42 Å². The molecule has 3 rings (SSSR count). The van der Waals surface area contributed by atoms with Crippen LogP contribution in [0.3, 0.4) is 0 Å². The predicted octanol–water partition coefficient (Wildman–Crippen LogP) is 4.20. The number of aryl methyl sites for hydroxylation is 1. The van der Waals surface area contributed by atoms with Gasteiger partial charge in [-0.3, -0.25) is 9.59 Å². The molecule has 0 aliphatic carbocycles. The number of carbonyl (C=O) groups is 2. The van der Waals surface area contributed by atoms with Crippen molar-refractivity contribution >= 4 is 39.1 Å². The van der Waals surface area contributed by atoms with Gasteiger partial charge in [-0.1, -0.05) is 24.3 Å². The van der Waals surface area contributed by atoms with E-state index in [4.69, 9.17) is 9.47 Å². The number of benzene rings is 2. The number of unbranched alkanes of at least 4 members (excludes halogenated alkanes) is 1. The number of anilines is 1. The zero-order chi connectivity index (χ0) is 19.8. The molecule has 0 fully saturated rings. The third kappa shape index (κ3) is 5.53. The van der Waals surface area contributed by atoms with E-state index in [0.717, 1.165) is 23.4 Å². The van der Waals surface area contributed by atoms with Crippen LogP contribution < -0.4 is 10.1 Å². The van der Waals surface area contributed by atoms with E-state index in [0.29, 0.717) is 17.9 Å². The first-order chi connectivity index (χ1) is 13.7. The first-order valence-electron chi connectivity index (χ1n) is 9.08. The molecule has 3 aromatic rings. The number of carbonyl (C=O) groups excluding carboxylic acids is 2. The van der Waals surface area contributed by atoms with Crippen LogP contribution in [-0.2, 0) is 20.7 Å². The molecule has 0 atom stereocenters. The summed E-state index contributed by atoms with van der Waals surface area (Å²) in [6.07, 6.45) is 2.67. The van der Waals surface area contributed by atoms with E-state index >= 15 is 0 Å². The van der Waals surface area contributed by atoms with Crippen molar-refractivity contribution in [1.82, 2.24) is 4.98 Å². The maximum absolute atomic E-state index is 11.9. The minimum Gasteiger partial charge on any atom is -0.495 e. The monoisotopic (exact) mass is 398 g/mol. The van der Waals surface area contributed by atoms with Crippen LogP contribution in [0.2, 0.25) is 0 Å². The number of rotatable bonds is 9. The van der Waals surface area contributed by atoms with Gasteiger partial charge >= 0.3 is 5.97 Å². The van der Waals surface area contributed by atoms with Crippen molar-refractivity contribution in [1.29, 1.82) is 0 Å². The Morgan fingerprint density at radius 2 is 1.86 bits per heavy atom. The van der Waals surface area contributed by atoms with Crippen molar-refractivity contribution in [3.8, 4) is 5.75 Å². The molecule has 0 bridgehead atoms. The molecule has 0 aliphatic heterocycles. The molecule has 0 saturated heterocycles. The first-order valence-corrected chi connectivity index (χ1v) is 9.90. The number of methoxy groups -OCH3 is 1. The molecule has 1 N–H and O–H groups in total. The fraction of sp³-hybridized carbons (Fsp3) is 0.286. The number of thiazole rings is 1. The fourth-order valence-electron chi connectivity index (χ4n) is 2.72. The summed E-state index contributed by atoms with van der Waals surface area (Å²) in [5.74, 6) is -0.219. The van der Waals surface area contributed by atoms with E-state index in [-0.39, 0.29) is 19.0 Å². The molecule has 6 nitrogen and oxygen atoms in total. The Hall–Kier alpha value is -2.93. The standard InChI is InChI=1S/C21H22N2O4S/c1-26-17-10-4-2-8-15(17)22-19(24)14-27-21(25)13-7-6-12-20-23-16-9-3-5-11-18(16)28-20/h2-5,8-11H,6-7,12-14H2,1H3,(H,22,24). The Bertz CT molecular complexity index is 921. The molecule has 0 spiro atoms. The number of nitrogens with one attached hydrogen (secondary N) is 1. The second kappa shape index (κ2) is 9.85. The smallest absolute Gasteiger partial charge is 0.306 e. The van der Waals surface area contributed by atoms with Crippen molar-refractivity contribution in [2.24, 2.45) is 0 Å². The highest BCUT2D eigenvalue weighted by molar-refractivity contribution is 7.18. The van der Waals surface area contributed by atoms with Gasteiger partial charge in [0.15, 0.2) is 6.61 Å². The Morgan fingerprint density at radius 3 is 2.68 bits per heavy atom. The Kier molecular flexibility index (Phi) is 6.97. The number of nitrogens with zero attached hydrogens (tertiary/aromatic N) is 1. The third-order valence-electron chi connectivity index (χ3n) is 4.11. The highest BCUT2D eigenvalue weighted by atomic mass is 32.1. The van der Waals surface area contributed by atoms with Crippen LogP contribution in [0.4, 0.5) is 5.69 Å². The summed E-state index contributed by atoms with van der Waals surface area (Å²) in [7, 11) is 1.53. The number of amides is 1. The predicted molar refractivity (Wildman–Crippen MR) is 110 cm³/mol. The van der Waals surface area contributed by atoms with E-state index in [9.17, 15) is 9.59 Å². The molecule has 1 heterocycles. The molecule has 146 valence electrons. The Labute approximate surface area is 167 Å². The summed E-state index contributed by atoms with van der Waals surface area (Å²) in [4.78, 5) is 28.4. The zero-order valence-corrected chi connectivity index (χ0v) is 16.5. The summed E-state index contributed by atoms with van der Waals surface area (Å²) in [5, 5.41) is 3.74. The van der Waals surface area contributed by atoms with Gasteiger partial charge in [0.1, 0.15) is 5.75 Å². The minimum absolute atomic E-state index is 0.285. The van der Waals surface area contributed by atoms with Crippen LogP contribution in [0.15, 0.2) is 48.5 Å². The maximum atomic E-state index is 11.9. The van der Waals surface area contributed by atoms with Crippen LogP contribution in [0.5, 0.6) is 5.75 Å². The van der Waals surface area contributed by atoms with Gasteiger partial charge < -0.3 is 14.8 Å². The molecule has 0 aliphatic rings. The lowest BCUT2D eigenvalue weighted by atomic mass is 10.2. The second-order valence-electron chi connectivity index (χ2n) is 6.19. The Balaban J connectivity index is 1.34. The van der Waals surface area contributed by atoms with Crippen LogP contribution >= 0.6 is 11.3 Å². The summed E-state index contributed by atoms with van der Waals surface area (Å²) in [6.45, 7) is -0.311. The highest BCUT2D eigenvalue weighted by Gasteiger charge is 2.10. The van der Waals surface area contributed by atoms with E-state index in [1.807, 2.05) is 24.3 Å². The van der Waals surface area contributed by atoms with Gasteiger partial charge in [-0.05, 0) is 43.5 Å². The van der Waals surface area contributed by atoms with Crippen LogP contribution in [-0.4, -0.2) is 30.6 Å². The summed E-state index contributed by atoms with van der Waals surface area (Å²) >= 11 is 1.68. The van der Waals surface area contributed by atoms with Crippen LogP contribution in [0.1, 0.15) is 24.3 Å². The van der Waals surface area contributed by atoms with Gasteiger partial charge in [-0.2, -0.15) is 0 Å². The number of aromatic nitrogens is 1. The van der Waals surface area contributed by atoms with Crippen molar-refractivity contribution < 1.29 is 19.1 Å². The third-order valence-corrected chi connectivity index (χ3v) is 5.20. The van der Waals surface area contributed by atoms with Crippen molar-refractivity contribution in [2.75, 3.05) is 19.0 Å². The molecule has 2 aromatic carbocycles. The van der Waals surface area contributed by atoms with E-state index in [1.165, 1.54) is 11.8 Å². The number of fused-ring (bicyclic) bond motifs is 1. The molecule has 0 unspecified atom stereocenters. The second-order valence-corrected chi connectivity index (χ2v) is 7.31. The fourth-order valence-corrected chi connectivity index (χ4v) is 3.73. The molecule has 0 saturated carbocycles. The highest BCUT2D eigenvalue weighted by Crippen LogP contribution is 2.23. The van der Waals surface area contributed by atoms with Gasteiger partial charge in [-0.25, -0.2) is 4.98 Å². The molecule has 1 amide bonds. The van der Waals surface area contributed by atoms with Gasteiger partial charge in [0.05, 0.1) is 28.0 Å². The first kappa shape index (κ1) is 19.8. The van der Waals surface area contributed by atoms with Crippen molar-refractivity contribution in [3.05, 3.63) is 53.5 Å². The molecular weight excluding hydrogens is 376 g/mol. The summed E-state index contributed by atoms with van der Waals surface area (Å²) < 4.78 is 11.4. The quantitative estimate of drug-likeness (QED) is 0.432. The number of hydrogen-bond acceptors (Lipinski definition) is 6. The minimum atomic E-state index is -0.396. The number of para-hydroxylation sites is 3. The lowest BCUT2D eigenvalue weighted by Gasteiger charge is -2.10. The molecule has 28 heavy (non-hydrogen) atoms. The van der Waals surface area contributed by atoms with Gasteiger partial charge in [0.25, 0.3) is 5.91 Å². The molecular formula is C21H22N2O4S. The van der Waals surface area contributed by atoms with Crippen LogP contribution in [0, 0.1) is 0 Å². The van der Waals surface area contributed by atoms with Crippen molar-refractivity contribution in [2.45, 2.75) is 25.7 Å². The SMILES string of the molecule is COc1ccccc1NC(=O)COC(=O)CCCCc1nc2ccccc2s1. The number of esters is 1. The van der Waals surface area contributed by atoms with E-state index < -0.39 is 5.91 Å². The van der Waals surface area contributed by atoms with Gasteiger partial charge in [0.2, 0.25) is 0 Å². The summed E-state index contributed by atoms with van der Waals surface area (Å²) in [5.41, 5.74) is 1.56. The zero-order valence-electron chi connectivity index (χ0n) is 15.6. The summed E-state index contributed by atoms with van der Waals surface area (Å²) in [6, 6.07) is 15.1. The molecule has 1 aromatic heterocycles. The topological polar surface area (TPSA) is 77.5 Å².